The highest BCUT2D eigenvalue weighted by molar-refractivity contribution is 6.41. The molecule has 1 rings (SSSR count). The predicted molar refractivity (Wildman–Crippen MR) is 57.6 cm³/mol. The van der Waals surface area contributed by atoms with E-state index in [-0.39, 0.29) is 5.41 Å². The summed E-state index contributed by atoms with van der Waals surface area (Å²) in [5.74, 6) is 0. The molecule has 3 heteroatoms. The summed E-state index contributed by atoms with van der Waals surface area (Å²) >= 11 is 11.9. The van der Waals surface area contributed by atoms with E-state index in [1.165, 1.54) is 0 Å². The Balaban J connectivity index is 3.22. The van der Waals surface area contributed by atoms with Crippen molar-refractivity contribution in [3.8, 4) is 0 Å². The minimum atomic E-state index is 0.0592. The molecule has 72 valence electrons. The van der Waals surface area contributed by atoms with Gasteiger partial charge in [0.1, 0.15) is 5.15 Å². The first-order valence-corrected chi connectivity index (χ1v) is 5.05. The smallest absolute Gasteiger partial charge is 0.147 e. The topological polar surface area (TPSA) is 12.9 Å². The second-order valence-electron chi connectivity index (χ2n) is 3.70. The van der Waals surface area contributed by atoms with Crippen LogP contribution in [0.1, 0.15) is 32.8 Å². The number of pyridine rings is 1. The summed E-state index contributed by atoms with van der Waals surface area (Å²) in [6.07, 6.45) is 2.72. The van der Waals surface area contributed by atoms with E-state index in [9.17, 15) is 0 Å². The third-order valence-electron chi connectivity index (χ3n) is 2.46. The van der Waals surface area contributed by atoms with E-state index in [2.05, 4.69) is 25.8 Å². The Morgan fingerprint density at radius 1 is 1.38 bits per heavy atom. The van der Waals surface area contributed by atoms with Crippen molar-refractivity contribution in [3.05, 3.63) is 28.0 Å². The van der Waals surface area contributed by atoms with Crippen LogP contribution in [0.25, 0.3) is 0 Å². The van der Waals surface area contributed by atoms with Gasteiger partial charge < -0.3 is 0 Å². The molecule has 0 aromatic carbocycles. The fraction of sp³-hybridized carbons (Fsp3) is 0.500. The van der Waals surface area contributed by atoms with Crippen molar-refractivity contribution in [2.45, 2.75) is 32.6 Å². The maximum Gasteiger partial charge on any atom is 0.147 e. The Hall–Kier alpha value is -0.270. The van der Waals surface area contributed by atoms with Crippen LogP contribution in [0.2, 0.25) is 10.2 Å². The molecule has 0 spiro atoms. The lowest BCUT2D eigenvalue weighted by atomic mass is 9.83. The van der Waals surface area contributed by atoms with E-state index in [4.69, 9.17) is 23.2 Å². The fourth-order valence-electron chi connectivity index (χ4n) is 1.13. The van der Waals surface area contributed by atoms with Gasteiger partial charge in [-0.15, -0.1) is 0 Å². The zero-order chi connectivity index (χ0) is 10.1. The molecular formula is C10H13Cl2N. The molecule has 0 saturated carbocycles. The minimum absolute atomic E-state index is 0.0592. The monoisotopic (exact) mass is 217 g/mol. The molecule has 0 aliphatic carbocycles. The quantitative estimate of drug-likeness (QED) is 0.681. The van der Waals surface area contributed by atoms with Gasteiger partial charge >= 0.3 is 0 Å². The molecule has 1 aromatic rings. The van der Waals surface area contributed by atoms with Crippen molar-refractivity contribution >= 4 is 23.2 Å². The maximum atomic E-state index is 6.06. The molecule has 1 nitrogen and oxygen atoms in total. The third kappa shape index (κ3) is 2.15. The molecule has 1 aromatic heterocycles. The van der Waals surface area contributed by atoms with E-state index in [0.717, 1.165) is 12.0 Å². The van der Waals surface area contributed by atoms with E-state index in [1.54, 1.807) is 6.20 Å². The zero-order valence-corrected chi connectivity index (χ0v) is 9.58. The average molecular weight is 218 g/mol. The Labute approximate surface area is 89.1 Å². The number of hydrogen-bond acceptors (Lipinski definition) is 1. The Bertz CT molecular complexity index is 308. The highest BCUT2D eigenvalue weighted by Crippen LogP contribution is 2.34. The van der Waals surface area contributed by atoms with Gasteiger partial charge in [0.2, 0.25) is 0 Å². The molecule has 0 unspecified atom stereocenters. The molecule has 0 atom stereocenters. The predicted octanol–water partition coefficient (Wildman–Crippen LogP) is 4.08. The van der Waals surface area contributed by atoms with Gasteiger partial charge in [0.15, 0.2) is 0 Å². The number of aromatic nitrogens is 1. The lowest BCUT2D eigenvalue weighted by molar-refractivity contribution is 0.506. The third-order valence-corrected chi connectivity index (χ3v) is 3.23. The molecule has 0 bridgehead atoms. The number of rotatable bonds is 2. The van der Waals surface area contributed by atoms with Gasteiger partial charge in [0, 0.05) is 6.20 Å². The molecule has 0 amide bonds. The lowest BCUT2D eigenvalue weighted by Crippen LogP contribution is -2.16. The van der Waals surface area contributed by atoms with Crippen molar-refractivity contribution in [1.82, 2.24) is 4.98 Å². The van der Waals surface area contributed by atoms with Crippen molar-refractivity contribution in [1.29, 1.82) is 0 Å². The van der Waals surface area contributed by atoms with Crippen LogP contribution in [-0.4, -0.2) is 4.98 Å². The molecule has 0 aliphatic heterocycles. The fourth-order valence-corrected chi connectivity index (χ4v) is 1.66. The highest BCUT2D eigenvalue weighted by atomic mass is 35.5. The van der Waals surface area contributed by atoms with Crippen molar-refractivity contribution in [2.24, 2.45) is 0 Å². The molecule has 0 aliphatic rings. The minimum Gasteiger partial charge on any atom is -0.243 e. The van der Waals surface area contributed by atoms with Gasteiger partial charge in [0.25, 0.3) is 0 Å². The van der Waals surface area contributed by atoms with E-state index < -0.39 is 0 Å². The van der Waals surface area contributed by atoms with E-state index in [1.807, 2.05) is 6.07 Å². The first-order chi connectivity index (χ1) is 5.99. The van der Waals surface area contributed by atoms with Crippen LogP contribution in [-0.2, 0) is 5.41 Å². The van der Waals surface area contributed by atoms with Crippen LogP contribution in [0, 0.1) is 0 Å². The van der Waals surface area contributed by atoms with Crippen molar-refractivity contribution in [2.75, 3.05) is 0 Å². The molecule has 0 fully saturated rings. The number of nitrogens with zero attached hydrogens (tertiary/aromatic N) is 1. The summed E-state index contributed by atoms with van der Waals surface area (Å²) in [6, 6.07) is 1.93. The average Bonchev–Trinajstić information content (AvgIpc) is 2.09. The van der Waals surface area contributed by atoms with Gasteiger partial charge in [-0.25, -0.2) is 4.98 Å². The number of hydrogen-bond donors (Lipinski definition) is 0. The summed E-state index contributed by atoms with van der Waals surface area (Å²) in [4.78, 5) is 3.92. The molecular weight excluding hydrogens is 205 g/mol. The van der Waals surface area contributed by atoms with E-state index in [0.29, 0.717) is 10.2 Å². The Kier molecular flexibility index (Phi) is 3.20. The first-order valence-electron chi connectivity index (χ1n) is 4.29. The SMILES string of the molecule is CCC(C)(C)c1ccnc(Cl)c1Cl. The normalized spacial score (nSPS) is 11.8. The standard InChI is InChI=1S/C10H13Cl2N/c1-4-10(2,3)7-5-6-13-9(12)8(7)11/h5-6H,4H2,1-3H3. The van der Waals surface area contributed by atoms with Crippen LogP contribution in [0.5, 0.6) is 0 Å². The van der Waals surface area contributed by atoms with Crippen molar-refractivity contribution in [3.63, 3.8) is 0 Å². The van der Waals surface area contributed by atoms with Gasteiger partial charge in [-0.05, 0) is 23.5 Å². The second-order valence-corrected chi connectivity index (χ2v) is 4.44. The molecule has 13 heavy (non-hydrogen) atoms. The van der Waals surface area contributed by atoms with Gasteiger partial charge in [-0.1, -0.05) is 44.0 Å². The highest BCUT2D eigenvalue weighted by Gasteiger charge is 2.22. The molecule has 0 saturated heterocycles. The van der Waals surface area contributed by atoms with Crippen LogP contribution in [0.15, 0.2) is 12.3 Å². The zero-order valence-electron chi connectivity index (χ0n) is 8.06. The summed E-state index contributed by atoms with van der Waals surface area (Å²) in [7, 11) is 0. The van der Waals surface area contributed by atoms with Crippen LogP contribution in [0.3, 0.4) is 0 Å². The van der Waals surface area contributed by atoms with Gasteiger partial charge in [-0.2, -0.15) is 0 Å². The number of halogens is 2. The van der Waals surface area contributed by atoms with Crippen molar-refractivity contribution < 1.29 is 0 Å². The summed E-state index contributed by atoms with van der Waals surface area (Å²) in [5, 5.41) is 0.969. The van der Waals surface area contributed by atoms with Crippen LogP contribution < -0.4 is 0 Å². The van der Waals surface area contributed by atoms with Crippen LogP contribution in [0.4, 0.5) is 0 Å². The molecule has 0 N–H and O–H groups in total. The maximum absolute atomic E-state index is 6.06. The Morgan fingerprint density at radius 3 is 2.54 bits per heavy atom. The first kappa shape index (κ1) is 10.8. The van der Waals surface area contributed by atoms with Gasteiger partial charge in [0.05, 0.1) is 5.02 Å². The van der Waals surface area contributed by atoms with Gasteiger partial charge in [-0.3, -0.25) is 0 Å². The molecule has 0 radical (unpaired) electrons. The summed E-state index contributed by atoms with van der Waals surface area (Å²) in [5.41, 5.74) is 1.13. The lowest BCUT2D eigenvalue weighted by Gasteiger charge is -2.24. The summed E-state index contributed by atoms with van der Waals surface area (Å²) in [6.45, 7) is 6.42. The second kappa shape index (κ2) is 3.85. The van der Waals surface area contributed by atoms with Crippen LogP contribution >= 0.6 is 23.2 Å². The van der Waals surface area contributed by atoms with E-state index >= 15 is 0 Å². The molecule has 1 heterocycles. The Morgan fingerprint density at radius 2 is 2.00 bits per heavy atom. The largest absolute Gasteiger partial charge is 0.243 e. The summed E-state index contributed by atoms with van der Waals surface area (Å²) < 4.78 is 0.